The van der Waals surface area contributed by atoms with Crippen LogP contribution in [0.3, 0.4) is 0 Å². The van der Waals surface area contributed by atoms with Gasteiger partial charge in [-0.25, -0.2) is 9.78 Å². The number of esters is 2. The van der Waals surface area contributed by atoms with Crippen LogP contribution < -0.4 is 0 Å². The zero-order valence-corrected chi connectivity index (χ0v) is 21.7. The van der Waals surface area contributed by atoms with E-state index in [-0.39, 0.29) is 25.2 Å². The van der Waals surface area contributed by atoms with Gasteiger partial charge in [-0.1, -0.05) is 58.8 Å². The fraction of sp³-hybridized carbons (Fsp3) is 0.923. The molecule has 0 aliphatic heterocycles. The molecule has 1 N–H and O–H groups in total. The van der Waals surface area contributed by atoms with Crippen molar-refractivity contribution in [2.45, 2.75) is 116 Å². The van der Waals surface area contributed by atoms with Crippen molar-refractivity contribution in [2.75, 3.05) is 33.0 Å². The fourth-order valence-corrected chi connectivity index (χ4v) is 3.73. The van der Waals surface area contributed by atoms with Crippen LogP contribution in [0.4, 0.5) is 0 Å². The van der Waals surface area contributed by atoms with Crippen LogP contribution in [0.25, 0.3) is 0 Å². The topological polar surface area (TPSA) is 101 Å². The van der Waals surface area contributed by atoms with E-state index in [0.29, 0.717) is 26.1 Å². The van der Waals surface area contributed by atoms with Gasteiger partial charge in [0, 0.05) is 13.0 Å². The molecule has 0 spiro atoms. The van der Waals surface area contributed by atoms with Gasteiger partial charge in [0.15, 0.2) is 0 Å². The monoisotopic (exact) mass is 488 g/mol. The number of carbonyl (C=O) groups is 2. The largest absolute Gasteiger partial charge is 0.464 e. The van der Waals surface area contributed by atoms with E-state index >= 15 is 0 Å². The highest BCUT2D eigenvalue weighted by molar-refractivity contribution is 5.77. The van der Waals surface area contributed by atoms with Crippen LogP contribution in [0.1, 0.15) is 104 Å². The minimum Gasteiger partial charge on any atom is -0.464 e. The van der Waals surface area contributed by atoms with E-state index in [0.717, 1.165) is 25.9 Å². The first kappa shape index (κ1) is 30.8. The summed E-state index contributed by atoms with van der Waals surface area (Å²) in [4.78, 5) is 34.7. The molecule has 0 radical (unpaired) electrons. The summed E-state index contributed by atoms with van der Waals surface area (Å²) in [7, 11) is 0. The van der Waals surface area contributed by atoms with Gasteiger partial charge in [0.25, 0.3) is 0 Å². The molecule has 200 valence electrons. The zero-order valence-electron chi connectivity index (χ0n) is 21.7. The third kappa shape index (κ3) is 13.6. The molecule has 1 aliphatic rings. The molecule has 0 aromatic carbocycles. The number of carbonyl (C=O) groups excluding carboxylic acids is 2. The summed E-state index contributed by atoms with van der Waals surface area (Å²) in [5.74, 6) is -0.961. The predicted octanol–water partition coefficient (Wildman–Crippen LogP) is 4.90. The van der Waals surface area contributed by atoms with Crippen molar-refractivity contribution in [1.29, 1.82) is 0 Å². The summed E-state index contributed by atoms with van der Waals surface area (Å²) >= 11 is 0. The summed E-state index contributed by atoms with van der Waals surface area (Å²) in [5, 5.41) is 9.62. The minimum atomic E-state index is -1.25. The molecule has 1 unspecified atom stereocenters. The second-order valence-electron chi connectivity index (χ2n) is 9.54. The molecule has 8 heteroatoms. The highest BCUT2D eigenvalue weighted by Crippen LogP contribution is 2.27. The lowest BCUT2D eigenvalue weighted by Gasteiger charge is -2.31. The molecule has 1 aliphatic carbocycles. The molecular weight excluding hydrogens is 440 g/mol. The van der Waals surface area contributed by atoms with Crippen LogP contribution in [0.5, 0.6) is 0 Å². The number of rotatable bonds is 20. The quantitative estimate of drug-likeness (QED) is 0.112. The molecule has 0 heterocycles. The van der Waals surface area contributed by atoms with E-state index in [9.17, 15) is 14.7 Å². The average Bonchev–Trinajstić information content (AvgIpc) is 2.86. The Morgan fingerprint density at radius 3 is 2.09 bits per heavy atom. The van der Waals surface area contributed by atoms with Crippen molar-refractivity contribution in [3.05, 3.63) is 0 Å². The summed E-state index contributed by atoms with van der Waals surface area (Å²) < 4.78 is 16.2. The lowest BCUT2D eigenvalue weighted by molar-refractivity contribution is -0.333. The van der Waals surface area contributed by atoms with E-state index in [2.05, 4.69) is 6.92 Å². The molecule has 1 saturated carbocycles. The van der Waals surface area contributed by atoms with Gasteiger partial charge < -0.3 is 19.3 Å². The Morgan fingerprint density at radius 1 is 0.853 bits per heavy atom. The number of hydrogen-bond acceptors (Lipinski definition) is 8. The average molecular weight is 489 g/mol. The Kier molecular flexibility index (Phi) is 17.2. The van der Waals surface area contributed by atoms with Crippen LogP contribution in [0, 0.1) is 5.41 Å². The Labute approximate surface area is 205 Å². The van der Waals surface area contributed by atoms with Crippen molar-refractivity contribution in [3.63, 3.8) is 0 Å². The van der Waals surface area contributed by atoms with Crippen LogP contribution >= 0.6 is 0 Å². The SMILES string of the molecule is CCCCCCCCCCOCCOOC1CCC(OC(=O)C(C)(CO)COC(=O)CC)CC1. The molecule has 0 aromatic heterocycles. The molecule has 0 bridgehead atoms. The molecular formula is C26H48O8. The molecule has 1 atom stereocenters. The molecule has 1 rings (SSSR count). The predicted molar refractivity (Wildman–Crippen MR) is 129 cm³/mol. The molecule has 0 amide bonds. The first-order chi connectivity index (χ1) is 16.4. The standard InChI is InChI=1S/C26H48O8/c1-4-6-7-8-9-10-11-12-17-30-18-19-32-34-23-15-13-22(14-16-23)33-25(29)26(3,20-27)21-31-24(28)5-2/h22-23,27H,4-21H2,1-3H3. The summed E-state index contributed by atoms with van der Waals surface area (Å²) in [5.41, 5.74) is -1.25. The van der Waals surface area contributed by atoms with E-state index in [1.54, 1.807) is 6.92 Å². The maximum atomic E-state index is 12.5. The number of unbranched alkanes of at least 4 members (excludes halogenated alkanes) is 7. The second kappa shape index (κ2) is 19.0. The van der Waals surface area contributed by atoms with Gasteiger partial charge >= 0.3 is 11.9 Å². The molecule has 34 heavy (non-hydrogen) atoms. The van der Waals surface area contributed by atoms with Crippen molar-refractivity contribution >= 4 is 11.9 Å². The first-order valence-electron chi connectivity index (χ1n) is 13.3. The normalized spacial score (nSPS) is 20.0. The third-order valence-corrected chi connectivity index (χ3v) is 6.23. The molecule has 0 aromatic rings. The van der Waals surface area contributed by atoms with Gasteiger partial charge in [0.1, 0.15) is 24.7 Å². The van der Waals surface area contributed by atoms with Crippen molar-refractivity contribution in [1.82, 2.24) is 0 Å². The van der Waals surface area contributed by atoms with E-state index in [1.165, 1.54) is 51.9 Å². The van der Waals surface area contributed by atoms with E-state index in [1.807, 2.05) is 0 Å². The van der Waals surface area contributed by atoms with Gasteiger partial charge in [0.05, 0.1) is 19.3 Å². The lowest BCUT2D eigenvalue weighted by Crippen LogP contribution is -2.41. The number of aliphatic hydroxyl groups is 1. The molecule has 0 saturated heterocycles. The van der Waals surface area contributed by atoms with Gasteiger partial charge in [-0.15, -0.1) is 0 Å². The van der Waals surface area contributed by atoms with Crippen LogP contribution in [-0.2, 0) is 33.6 Å². The Bertz CT molecular complexity index is 533. The maximum Gasteiger partial charge on any atom is 0.317 e. The maximum absolute atomic E-state index is 12.5. The van der Waals surface area contributed by atoms with E-state index < -0.39 is 24.0 Å². The zero-order chi connectivity index (χ0) is 25.1. The van der Waals surface area contributed by atoms with Crippen LogP contribution in [0.2, 0.25) is 0 Å². The molecule has 1 fully saturated rings. The first-order valence-corrected chi connectivity index (χ1v) is 13.3. The Morgan fingerprint density at radius 2 is 1.47 bits per heavy atom. The summed E-state index contributed by atoms with van der Waals surface area (Å²) in [6.07, 6.45) is 13.0. The van der Waals surface area contributed by atoms with E-state index in [4.69, 9.17) is 24.0 Å². The fourth-order valence-electron chi connectivity index (χ4n) is 3.73. The second-order valence-corrected chi connectivity index (χ2v) is 9.54. The highest BCUT2D eigenvalue weighted by Gasteiger charge is 2.38. The van der Waals surface area contributed by atoms with Crippen molar-refractivity contribution < 1.29 is 38.7 Å². The van der Waals surface area contributed by atoms with Crippen LogP contribution in [-0.4, -0.2) is 62.3 Å². The number of aliphatic hydroxyl groups excluding tert-OH is 1. The Hall–Kier alpha value is -1.22. The van der Waals surface area contributed by atoms with Gasteiger partial charge in [0.2, 0.25) is 0 Å². The highest BCUT2D eigenvalue weighted by atomic mass is 17.2. The minimum absolute atomic E-state index is 0.0302. The van der Waals surface area contributed by atoms with Crippen molar-refractivity contribution in [3.8, 4) is 0 Å². The summed E-state index contributed by atoms with van der Waals surface area (Å²) in [6, 6.07) is 0. The van der Waals surface area contributed by atoms with Crippen molar-refractivity contribution in [2.24, 2.45) is 5.41 Å². The number of hydrogen-bond donors (Lipinski definition) is 1. The van der Waals surface area contributed by atoms with Crippen LogP contribution in [0.15, 0.2) is 0 Å². The van der Waals surface area contributed by atoms with Gasteiger partial charge in [-0.05, 0) is 39.0 Å². The Balaban J connectivity index is 2.04. The third-order valence-electron chi connectivity index (χ3n) is 6.23. The smallest absolute Gasteiger partial charge is 0.317 e. The van der Waals surface area contributed by atoms with Gasteiger partial charge in [-0.2, -0.15) is 0 Å². The summed E-state index contributed by atoms with van der Waals surface area (Å²) in [6.45, 7) is 6.49. The molecule has 8 nitrogen and oxygen atoms in total. The number of ether oxygens (including phenoxy) is 3. The lowest BCUT2D eigenvalue weighted by atomic mass is 9.91. The van der Waals surface area contributed by atoms with Gasteiger partial charge in [-0.3, -0.25) is 9.59 Å².